The number of hydrogen-bond donors (Lipinski definition) is 2. The molecule has 0 saturated heterocycles. The van der Waals surface area contributed by atoms with Gasteiger partial charge in [-0.2, -0.15) is 0 Å². The van der Waals surface area contributed by atoms with E-state index in [4.69, 9.17) is 5.11 Å². The van der Waals surface area contributed by atoms with E-state index in [9.17, 15) is 13.2 Å². The van der Waals surface area contributed by atoms with E-state index in [0.717, 1.165) is 6.42 Å². The van der Waals surface area contributed by atoms with Gasteiger partial charge in [-0.25, -0.2) is 17.9 Å². The van der Waals surface area contributed by atoms with Crippen LogP contribution in [0.25, 0.3) is 0 Å². The molecule has 0 bridgehead atoms. The zero-order valence-corrected chi connectivity index (χ0v) is 14.5. The Kier molecular flexibility index (Phi) is 5.61. The van der Waals surface area contributed by atoms with Gasteiger partial charge in [0.15, 0.2) is 0 Å². The van der Waals surface area contributed by atoms with Gasteiger partial charge >= 0.3 is 5.97 Å². The van der Waals surface area contributed by atoms with Crippen molar-refractivity contribution in [3.8, 4) is 0 Å². The molecule has 0 unspecified atom stereocenters. The van der Waals surface area contributed by atoms with Crippen molar-refractivity contribution in [2.45, 2.75) is 37.0 Å². The van der Waals surface area contributed by atoms with Gasteiger partial charge in [0.05, 0.1) is 10.5 Å². The molecule has 1 aliphatic rings. The van der Waals surface area contributed by atoms with Gasteiger partial charge in [-0.05, 0) is 53.1 Å². The minimum Gasteiger partial charge on any atom is -0.478 e. The number of sulfonamides is 1. The number of benzene rings is 1. The number of hydrogen-bond acceptors (Lipinski definition) is 3. The molecule has 116 valence electrons. The third kappa shape index (κ3) is 4.40. The highest BCUT2D eigenvalue weighted by Gasteiger charge is 2.19. The van der Waals surface area contributed by atoms with E-state index in [1.165, 1.54) is 43.9 Å². The molecule has 1 aliphatic carbocycles. The summed E-state index contributed by atoms with van der Waals surface area (Å²) >= 11 is 1.88. The molecule has 2 rings (SSSR count). The lowest BCUT2D eigenvalue weighted by Gasteiger charge is -2.11. The first-order valence-electron chi connectivity index (χ1n) is 6.92. The topological polar surface area (TPSA) is 83.5 Å². The van der Waals surface area contributed by atoms with Crippen molar-refractivity contribution in [3.63, 3.8) is 0 Å². The van der Waals surface area contributed by atoms with Crippen molar-refractivity contribution in [1.82, 2.24) is 4.72 Å². The van der Waals surface area contributed by atoms with E-state index in [-0.39, 0.29) is 10.5 Å². The van der Waals surface area contributed by atoms with Gasteiger partial charge < -0.3 is 5.11 Å². The summed E-state index contributed by atoms with van der Waals surface area (Å²) in [5.41, 5.74) is 0.00858. The van der Waals surface area contributed by atoms with Crippen LogP contribution in [0.15, 0.2) is 23.1 Å². The Labute approximate surface area is 138 Å². The Morgan fingerprint density at radius 3 is 2.62 bits per heavy atom. The van der Waals surface area contributed by atoms with Gasteiger partial charge in [-0.3, -0.25) is 0 Å². The maximum absolute atomic E-state index is 12.2. The first kappa shape index (κ1) is 16.7. The van der Waals surface area contributed by atoms with Crippen LogP contribution in [-0.4, -0.2) is 26.0 Å². The molecule has 0 radical (unpaired) electrons. The fourth-order valence-corrected chi connectivity index (χ4v) is 4.25. The SMILES string of the molecule is O=C(O)c1cc(S(=O)(=O)NCCC2CCCC2)ccc1I. The fourth-order valence-electron chi connectivity index (χ4n) is 2.62. The molecule has 21 heavy (non-hydrogen) atoms. The van der Waals surface area contributed by atoms with Gasteiger partial charge in [-0.15, -0.1) is 0 Å². The monoisotopic (exact) mass is 423 g/mol. The lowest BCUT2D eigenvalue weighted by molar-refractivity contribution is 0.0695. The fraction of sp³-hybridized carbons (Fsp3) is 0.500. The lowest BCUT2D eigenvalue weighted by Crippen LogP contribution is -2.26. The van der Waals surface area contributed by atoms with Crippen LogP contribution in [0.3, 0.4) is 0 Å². The average molecular weight is 423 g/mol. The Morgan fingerprint density at radius 1 is 1.33 bits per heavy atom. The van der Waals surface area contributed by atoms with E-state index >= 15 is 0 Å². The molecule has 0 aromatic heterocycles. The first-order valence-corrected chi connectivity index (χ1v) is 9.49. The third-order valence-electron chi connectivity index (χ3n) is 3.80. The highest BCUT2D eigenvalue weighted by Crippen LogP contribution is 2.27. The van der Waals surface area contributed by atoms with Gasteiger partial charge in [0.25, 0.3) is 0 Å². The predicted octanol–water partition coefficient (Wildman–Crippen LogP) is 2.85. The number of carbonyl (C=O) groups is 1. The Hall–Kier alpha value is -0.670. The van der Waals surface area contributed by atoms with Crippen molar-refractivity contribution in [1.29, 1.82) is 0 Å². The standard InChI is InChI=1S/C14H18INO4S/c15-13-6-5-11(9-12(13)14(17)18)21(19,20)16-8-7-10-3-1-2-4-10/h5-6,9-10,16H,1-4,7-8H2,(H,17,18). The Balaban J connectivity index is 2.04. The van der Waals surface area contributed by atoms with Crippen LogP contribution in [0, 0.1) is 9.49 Å². The minimum atomic E-state index is -3.64. The van der Waals surface area contributed by atoms with Gasteiger partial charge in [-0.1, -0.05) is 25.7 Å². The maximum Gasteiger partial charge on any atom is 0.336 e. The third-order valence-corrected chi connectivity index (χ3v) is 6.20. The van der Waals surface area contributed by atoms with Crippen molar-refractivity contribution < 1.29 is 18.3 Å². The van der Waals surface area contributed by atoms with E-state index in [2.05, 4.69) is 4.72 Å². The normalized spacial score (nSPS) is 16.2. The second kappa shape index (κ2) is 7.06. The van der Waals surface area contributed by atoms with Crippen molar-refractivity contribution in [2.24, 2.45) is 5.92 Å². The molecule has 2 N–H and O–H groups in total. The first-order chi connectivity index (χ1) is 9.90. The van der Waals surface area contributed by atoms with Crippen molar-refractivity contribution >= 4 is 38.6 Å². The molecule has 1 fully saturated rings. The van der Waals surface area contributed by atoms with E-state index < -0.39 is 16.0 Å². The highest BCUT2D eigenvalue weighted by molar-refractivity contribution is 14.1. The van der Waals surface area contributed by atoms with Gasteiger partial charge in [0.1, 0.15) is 0 Å². The summed E-state index contributed by atoms with van der Waals surface area (Å²) in [4.78, 5) is 11.1. The molecule has 0 heterocycles. The molecule has 0 amide bonds. The molecule has 1 aromatic carbocycles. The molecule has 1 aromatic rings. The summed E-state index contributed by atoms with van der Waals surface area (Å²) in [6, 6.07) is 4.16. The van der Waals surface area contributed by atoms with Crippen LogP contribution in [0.1, 0.15) is 42.5 Å². The number of halogens is 1. The number of rotatable bonds is 6. The van der Waals surface area contributed by atoms with E-state index in [1.807, 2.05) is 22.6 Å². The predicted molar refractivity (Wildman–Crippen MR) is 87.9 cm³/mol. The van der Waals surface area contributed by atoms with E-state index in [0.29, 0.717) is 16.0 Å². The summed E-state index contributed by atoms with van der Waals surface area (Å²) in [7, 11) is -3.64. The zero-order chi connectivity index (χ0) is 15.5. The van der Waals surface area contributed by atoms with Crippen LogP contribution in [-0.2, 0) is 10.0 Å². The minimum absolute atomic E-state index is 0.00624. The van der Waals surface area contributed by atoms with Gasteiger partial charge in [0.2, 0.25) is 10.0 Å². The quantitative estimate of drug-likeness (QED) is 0.690. The molecule has 0 atom stereocenters. The van der Waals surface area contributed by atoms with Crippen LogP contribution in [0.2, 0.25) is 0 Å². The summed E-state index contributed by atoms with van der Waals surface area (Å²) in [5.74, 6) is -0.513. The maximum atomic E-state index is 12.2. The van der Waals surface area contributed by atoms with Crippen molar-refractivity contribution in [3.05, 3.63) is 27.3 Å². The molecule has 0 spiro atoms. The van der Waals surface area contributed by atoms with Crippen molar-refractivity contribution in [2.75, 3.05) is 6.54 Å². The molecule has 1 saturated carbocycles. The number of aromatic carboxylic acids is 1. The second-order valence-electron chi connectivity index (χ2n) is 5.28. The molecular formula is C14H18INO4S. The molecular weight excluding hydrogens is 405 g/mol. The average Bonchev–Trinajstić information content (AvgIpc) is 2.91. The number of nitrogens with one attached hydrogen (secondary N) is 1. The lowest BCUT2D eigenvalue weighted by atomic mass is 10.1. The summed E-state index contributed by atoms with van der Waals surface area (Å²) in [6.07, 6.45) is 5.66. The van der Waals surface area contributed by atoms with Crippen LogP contribution in [0.4, 0.5) is 0 Å². The number of carboxylic acid groups (broad SMARTS) is 1. The summed E-state index contributed by atoms with van der Waals surface area (Å²) < 4.78 is 27.5. The largest absolute Gasteiger partial charge is 0.478 e. The highest BCUT2D eigenvalue weighted by atomic mass is 127. The summed E-state index contributed by atoms with van der Waals surface area (Å²) in [6.45, 7) is 0.404. The van der Waals surface area contributed by atoms with Gasteiger partial charge in [0, 0.05) is 10.1 Å². The summed E-state index contributed by atoms with van der Waals surface area (Å²) in [5, 5.41) is 9.06. The molecule has 0 aliphatic heterocycles. The Bertz CT molecular complexity index is 624. The Morgan fingerprint density at radius 2 is 2.00 bits per heavy atom. The van der Waals surface area contributed by atoms with Crippen LogP contribution in [0.5, 0.6) is 0 Å². The van der Waals surface area contributed by atoms with E-state index in [1.54, 1.807) is 0 Å². The molecule has 7 heteroatoms. The second-order valence-corrected chi connectivity index (χ2v) is 8.21. The number of carboxylic acids is 1. The zero-order valence-electron chi connectivity index (χ0n) is 11.5. The molecule has 5 nitrogen and oxygen atoms in total. The smallest absolute Gasteiger partial charge is 0.336 e. The van der Waals surface area contributed by atoms with Crippen LogP contribution >= 0.6 is 22.6 Å². The van der Waals surface area contributed by atoms with Crippen LogP contribution < -0.4 is 4.72 Å².